The van der Waals surface area contributed by atoms with Gasteiger partial charge in [-0.25, -0.2) is 8.42 Å². The molecule has 1 aliphatic heterocycles. The summed E-state index contributed by atoms with van der Waals surface area (Å²) in [6, 6.07) is 19.9. The van der Waals surface area contributed by atoms with Crippen LogP contribution in [0.25, 0.3) is 10.9 Å². The van der Waals surface area contributed by atoms with Gasteiger partial charge in [-0.05, 0) is 55.3 Å². The van der Waals surface area contributed by atoms with Crippen molar-refractivity contribution in [3.05, 3.63) is 95.2 Å². The molecule has 186 valence electrons. The van der Waals surface area contributed by atoms with E-state index in [0.717, 1.165) is 27.7 Å². The normalized spacial score (nSPS) is 18.1. The van der Waals surface area contributed by atoms with Gasteiger partial charge in [0.25, 0.3) is 0 Å². The molecule has 0 bridgehead atoms. The number of aryl methyl sites for hydroxylation is 1. The van der Waals surface area contributed by atoms with Gasteiger partial charge in [-0.15, -0.1) is 0 Å². The third-order valence-electron chi connectivity index (χ3n) is 6.67. The molecule has 7 nitrogen and oxygen atoms in total. The lowest BCUT2D eigenvalue weighted by Crippen LogP contribution is -2.51. The summed E-state index contributed by atoms with van der Waals surface area (Å²) in [5, 5.41) is 0.965. The first kappa shape index (κ1) is 24.1. The van der Waals surface area contributed by atoms with Crippen LogP contribution in [0, 0.1) is 6.92 Å². The van der Waals surface area contributed by atoms with Crippen molar-refractivity contribution in [3.63, 3.8) is 0 Å². The van der Waals surface area contributed by atoms with Crippen LogP contribution in [0.1, 0.15) is 35.3 Å². The number of carbonyl (C=O) groups excluding carboxylic acids is 1. The number of esters is 1. The number of carbonyl (C=O) groups is 1. The summed E-state index contributed by atoms with van der Waals surface area (Å²) in [5.74, 6) is 0.0870. The number of hydrogen-bond acceptors (Lipinski definition) is 5. The van der Waals surface area contributed by atoms with E-state index in [1.165, 1.54) is 4.31 Å². The molecule has 0 saturated heterocycles. The average molecular weight is 505 g/mol. The number of aromatic amines is 1. The number of para-hydroxylation sites is 1. The molecule has 2 unspecified atom stereocenters. The highest BCUT2D eigenvalue weighted by molar-refractivity contribution is 7.89. The number of aromatic nitrogens is 1. The minimum Gasteiger partial charge on any atom is -0.497 e. The molecule has 2 atom stereocenters. The number of hydrogen-bond donors (Lipinski definition) is 1. The number of rotatable bonds is 6. The fourth-order valence-corrected chi connectivity index (χ4v) is 6.65. The summed E-state index contributed by atoms with van der Waals surface area (Å²) in [4.78, 5) is 16.9. The van der Waals surface area contributed by atoms with Crippen LogP contribution in [0.3, 0.4) is 0 Å². The van der Waals surface area contributed by atoms with Gasteiger partial charge in [0, 0.05) is 23.0 Å². The van der Waals surface area contributed by atoms with Gasteiger partial charge in [0.05, 0.1) is 24.7 Å². The van der Waals surface area contributed by atoms with Gasteiger partial charge in [-0.1, -0.05) is 48.0 Å². The Morgan fingerprint density at radius 3 is 2.39 bits per heavy atom. The molecular weight excluding hydrogens is 476 g/mol. The Bertz CT molecular complexity index is 1510. The smallest absolute Gasteiger partial charge is 0.324 e. The Morgan fingerprint density at radius 1 is 1.03 bits per heavy atom. The van der Waals surface area contributed by atoms with Crippen molar-refractivity contribution in [1.82, 2.24) is 9.29 Å². The largest absolute Gasteiger partial charge is 0.497 e. The van der Waals surface area contributed by atoms with Crippen LogP contribution in [-0.2, 0) is 26.0 Å². The number of nitrogens with zero attached hydrogens (tertiary/aromatic N) is 1. The molecule has 0 saturated carbocycles. The van der Waals surface area contributed by atoms with Crippen molar-refractivity contribution in [2.75, 3.05) is 13.7 Å². The first-order valence-corrected chi connectivity index (χ1v) is 13.3. The molecule has 1 aliphatic rings. The molecule has 0 radical (unpaired) electrons. The fraction of sp³-hybridized carbons (Fsp3) is 0.250. The van der Waals surface area contributed by atoms with Gasteiger partial charge < -0.3 is 14.5 Å². The van der Waals surface area contributed by atoms with Crippen molar-refractivity contribution in [2.45, 2.75) is 37.2 Å². The molecule has 2 heterocycles. The molecule has 0 fully saturated rings. The molecular formula is C28H28N2O5S. The first-order valence-electron chi connectivity index (χ1n) is 11.9. The number of sulfonamides is 1. The van der Waals surface area contributed by atoms with E-state index in [1.54, 1.807) is 50.4 Å². The number of fused-ring (bicyclic) bond motifs is 3. The van der Waals surface area contributed by atoms with Gasteiger partial charge in [-0.2, -0.15) is 4.31 Å². The SMILES string of the molecule is CCOC(=O)C1Cc2c([nH]c3ccccc23)C(c2ccc(OC)cc2)N1S(=O)(=O)c1ccc(C)cc1. The monoisotopic (exact) mass is 504 g/mol. The highest BCUT2D eigenvalue weighted by Gasteiger charge is 2.48. The van der Waals surface area contributed by atoms with Crippen molar-refractivity contribution in [3.8, 4) is 5.75 Å². The number of H-pyrrole nitrogens is 1. The number of methoxy groups -OCH3 is 1. The Kier molecular flexibility index (Phi) is 6.32. The minimum atomic E-state index is -4.10. The Hall–Kier alpha value is -3.62. The Balaban J connectivity index is 1.78. The quantitative estimate of drug-likeness (QED) is 0.383. The lowest BCUT2D eigenvalue weighted by molar-refractivity contribution is -0.148. The maximum absolute atomic E-state index is 14.2. The van der Waals surface area contributed by atoms with E-state index in [-0.39, 0.29) is 17.9 Å². The second-order valence-electron chi connectivity index (χ2n) is 8.86. The van der Waals surface area contributed by atoms with Crippen LogP contribution in [0.15, 0.2) is 77.7 Å². The zero-order valence-corrected chi connectivity index (χ0v) is 21.2. The molecule has 0 spiro atoms. The summed E-state index contributed by atoms with van der Waals surface area (Å²) in [6.45, 7) is 3.77. The van der Waals surface area contributed by atoms with E-state index in [4.69, 9.17) is 9.47 Å². The summed E-state index contributed by atoms with van der Waals surface area (Å²) in [7, 11) is -2.52. The predicted octanol–water partition coefficient (Wildman–Crippen LogP) is 4.75. The van der Waals surface area contributed by atoms with Crippen LogP contribution in [-0.4, -0.2) is 43.4 Å². The molecule has 0 aliphatic carbocycles. The maximum atomic E-state index is 14.2. The van der Waals surface area contributed by atoms with E-state index >= 15 is 0 Å². The number of benzene rings is 3. The molecule has 8 heteroatoms. The number of nitrogens with one attached hydrogen (secondary N) is 1. The minimum absolute atomic E-state index is 0.125. The highest BCUT2D eigenvalue weighted by Crippen LogP contribution is 2.44. The average Bonchev–Trinajstić information content (AvgIpc) is 3.26. The molecule has 36 heavy (non-hydrogen) atoms. The zero-order chi connectivity index (χ0) is 25.4. The predicted molar refractivity (Wildman–Crippen MR) is 137 cm³/mol. The summed E-state index contributed by atoms with van der Waals surface area (Å²) >= 11 is 0. The lowest BCUT2D eigenvalue weighted by atomic mass is 9.90. The van der Waals surface area contributed by atoms with Gasteiger partial charge in [0.15, 0.2) is 0 Å². The first-order chi connectivity index (χ1) is 17.3. The van der Waals surface area contributed by atoms with Crippen LogP contribution in [0.2, 0.25) is 0 Å². The molecule has 1 aromatic heterocycles. The lowest BCUT2D eigenvalue weighted by Gasteiger charge is -2.40. The van der Waals surface area contributed by atoms with Crippen LogP contribution in [0.5, 0.6) is 5.75 Å². The molecule has 0 amide bonds. The molecule has 3 aromatic carbocycles. The Labute approximate surface area is 210 Å². The van der Waals surface area contributed by atoms with Crippen LogP contribution < -0.4 is 4.74 Å². The van der Waals surface area contributed by atoms with Crippen LogP contribution in [0.4, 0.5) is 0 Å². The Morgan fingerprint density at radius 2 is 1.72 bits per heavy atom. The van der Waals surface area contributed by atoms with Gasteiger partial charge in [-0.3, -0.25) is 4.79 Å². The van der Waals surface area contributed by atoms with Crippen molar-refractivity contribution in [1.29, 1.82) is 0 Å². The second-order valence-corrected chi connectivity index (χ2v) is 10.7. The van der Waals surface area contributed by atoms with E-state index in [0.29, 0.717) is 11.3 Å². The summed E-state index contributed by atoms with van der Waals surface area (Å²) < 4.78 is 40.5. The van der Waals surface area contributed by atoms with Crippen LogP contribution >= 0.6 is 0 Å². The highest BCUT2D eigenvalue weighted by atomic mass is 32.2. The number of ether oxygens (including phenoxy) is 2. The van der Waals surface area contributed by atoms with E-state index < -0.39 is 28.1 Å². The van der Waals surface area contributed by atoms with Crippen molar-refractivity contribution in [2.24, 2.45) is 0 Å². The molecule has 5 rings (SSSR count). The van der Waals surface area contributed by atoms with E-state index in [1.807, 2.05) is 43.3 Å². The molecule has 1 N–H and O–H groups in total. The second kappa shape index (κ2) is 9.44. The van der Waals surface area contributed by atoms with E-state index in [2.05, 4.69) is 4.98 Å². The third kappa shape index (κ3) is 4.06. The maximum Gasteiger partial charge on any atom is 0.324 e. The summed E-state index contributed by atoms with van der Waals surface area (Å²) in [6.07, 6.45) is 0.204. The zero-order valence-electron chi connectivity index (χ0n) is 20.4. The summed E-state index contributed by atoms with van der Waals surface area (Å²) in [5.41, 5.74) is 4.21. The van der Waals surface area contributed by atoms with Crippen molar-refractivity contribution < 1.29 is 22.7 Å². The molecule has 4 aromatic rings. The topological polar surface area (TPSA) is 88.7 Å². The fourth-order valence-electron chi connectivity index (χ4n) is 4.93. The van der Waals surface area contributed by atoms with Crippen molar-refractivity contribution >= 4 is 26.9 Å². The third-order valence-corrected chi connectivity index (χ3v) is 8.55. The standard InChI is InChI=1S/C28H28N2O5S/c1-4-35-28(31)25-17-23-22-7-5-6-8-24(22)29-26(23)27(19-11-13-20(34-3)14-12-19)30(25)36(32,33)21-15-9-18(2)10-16-21/h5-16,25,27,29H,4,17H2,1-3H3. The van der Waals surface area contributed by atoms with Gasteiger partial charge in [0.2, 0.25) is 10.0 Å². The van der Waals surface area contributed by atoms with E-state index in [9.17, 15) is 13.2 Å². The van der Waals surface area contributed by atoms with Gasteiger partial charge >= 0.3 is 5.97 Å². The van der Waals surface area contributed by atoms with Gasteiger partial charge in [0.1, 0.15) is 11.8 Å².